The second kappa shape index (κ2) is 4.19. The number of thiocarbonyl (C=S) groups is 1. The van der Waals surface area contributed by atoms with Crippen molar-refractivity contribution in [1.29, 1.82) is 0 Å². The van der Waals surface area contributed by atoms with Crippen LogP contribution >= 0.6 is 12.2 Å². The Labute approximate surface area is 88.5 Å². The summed E-state index contributed by atoms with van der Waals surface area (Å²) in [6, 6.07) is 7.46. The maximum absolute atomic E-state index is 11.3. The van der Waals surface area contributed by atoms with Crippen LogP contribution < -0.4 is 10.6 Å². The molecule has 0 atom stereocenters. The van der Waals surface area contributed by atoms with Crippen LogP contribution in [0.2, 0.25) is 0 Å². The minimum Gasteiger partial charge on any atom is -0.376 e. The summed E-state index contributed by atoms with van der Waals surface area (Å²) in [4.78, 5) is 12.6. The first kappa shape index (κ1) is 10.7. The third-order valence-corrected chi connectivity index (χ3v) is 2.07. The van der Waals surface area contributed by atoms with Crippen LogP contribution in [0.25, 0.3) is 0 Å². The second-order valence-electron chi connectivity index (χ2n) is 2.98. The fourth-order valence-corrected chi connectivity index (χ4v) is 1.48. The average Bonchev–Trinajstić information content (AvgIpc) is 2.07. The number of amides is 1. The monoisotopic (exact) mass is 208 g/mol. The molecule has 0 bridgehead atoms. The fraction of sp³-hybridized carbons (Fsp3) is 0.200. The van der Waals surface area contributed by atoms with Gasteiger partial charge in [-0.3, -0.25) is 9.69 Å². The molecule has 0 unspecified atom stereocenters. The molecule has 0 aliphatic rings. The molecular weight excluding hydrogens is 196 g/mol. The highest BCUT2D eigenvalue weighted by atomic mass is 32.1. The highest BCUT2D eigenvalue weighted by molar-refractivity contribution is 7.80. The van der Waals surface area contributed by atoms with E-state index in [9.17, 15) is 4.79 Å². The van der Waals surface area contributed by atoms with Crippen LogP contribution in [0.1, 0.15) is 12.5 Å². The smallest absolute Gasteiger partial charge is 0.230 e. The molecule has 0 spiro atoms. The molecule has 14 heavy (non-hydrogen) atoms. The van der Waals surface area contributed by atoms with Gasteiger partial charge in [0.25, 0.3) is 0 Å². The van der Waals surface area contributed by atoms with E-state index >= 15 is 0 Å². The number of hydrogen-bond acceptors (Lipinski definition) is 2. The van der Waals surface area contributed by atoms with Gasteiger partial charge in [0.05, 0.1) is 5.69 Å². The standard InChI is InChI=1S/C10H12N2OS/c1-7-5-3-4-6-9(7)12(8(2)13)10(11)14/h3-6H,1-2H3,(H2,11,14). The predicted molar refractivity (Wildman–Crippen MR) is 61.1 cm³/mol. The van der Waals surface area contributed by atoms with Crippen molar-refractivity contribution in [3.63, 3.8) is 0 Å². The van der Waals surface area contributed by atoms with E-state index < -0.39 is 0 Å². The van der Waals surface area contributed by atoms with E-state index in [4.69, 9.17) is 18.0 Å². The maximum atomic E-state index is 11.3. The molecule has 0 aliphatic carbocycles. The van der Waals surface area contributed by atoms with E-state index in [1.807, 2.05) is 31.2 Å². The average molecular weight is 208 g/mol. The molecule has 0 saturated heterocycles. The molecule has 74 valence electrons. The van der Waals surface area contributed by atoms with Crippen molar-refractivity contribution in [3.05, 3.63) is 29.8 Å². The number of hydrogen-bond donors (Lipinski definition) is 1. The van der Waals surface area contributed by atoms with Gasteiger partial charge in [-0.1, -0.05) is 18.2 Å². The largest absolute Gasteiger partial charge is 0.376 e. The fourth-order valence-electron chi connectivity index (χ4n) is 1.26. The van der Waals surface area contributed by atoms with Gasteiger partial charge in [0.1, 0.15) is 0 Å². The number of carbonyl (C=O) groups excluding carboxylic acids is 1. The molecule has 0 fully saturated rings. The lowest BCUT2D eigenvalue weighted by Gasteiger charge is -2.20. The van der Waals surface area contributed by atoms with Gasteiger partial charge in [0.2, 0.25) is 5.91 Å². The summed E-state index contributed by atoms with van der Waals surface area (Å²) in [6.45, 7) is 3.34. The van der Waals surface area contributed by atoms with Gasteiger partial charge in [-0.15, -0.1) is 0 Å². The van der Waals surface area contributed by atoms with Crippen molar-refractivity contribution in [2.75, 3.05) is 4.90 Å². The van der Waals surface area contributed by atoms with E-state index in [-0.39, 0.29) is 11.0 Å². The van der Waals surface area contributed by atoms with E-state index in [1.165, 1.54) is 11.8 Å². The Kier molecular flexibility index (Phi) is 3.19. The number of nitrogens with two attached hydrogens (primary N) is 1. The molecule has 4 heteroatoms. The van der Waals surface area contributed by atoms with Crippen molar-refractivity contribution in [3.8, 4) is 0 Å². The van der Waals surface area contributed by atoms with Crippen LogP contribution in [0, 0.1) is 6.92 Å². The first-order valence-electron chi connectivity index (χ1n) is 4.20. The summed E-state index contributed by atoms with van der Waals surface area (Å²) in [7, 11) is 0. The van der Waals surface area contributed by atoms with Crippen LogP contribution in [0.5, 0.6) is 0 Å². The van der Waals surface area contributed by atoms with Crippen molar-refractivity contribution in [2.45, 2.75) is 13.8 Å². The van der Waals surface area contributed by atoms with E-state index in [0.717, 1.165) is 11.3 Å². The number of para-hydroxylation sites is 1. The molecule has 1 aromatic rings. The Balaban J connectivity index is 3.18. The molecule has 0 radical (unpaired) electrons. The van der Waals surface area contributed by atoms with E-state index in [0.29, 0.717) is 0 Å². The second-order valence-corrected chi connectivity index (χ2v) is 3.40. The molecule has 3 nitrogen and oxygen atoms in total. The van der Waals surface area contributed by atoms with Crippen molar-refractivity contribution < 1.29 is 4.79 Å². The first-order valence-corrected chi connectivity index (χ1v) is 4.60. The molecule has 0 heterocycles. The lowest BCUT2D eigenvalue weighted by Crippen LogP contribution is -2.39. The van der Waals surface area contributed by atoms with E-state index in [2.05, 4.69) is 0 Å². The summed E-state index contributed by atoms with van der Waals surface area (Å²) >= 11 is 4.82. The van der Waals surface area contributed by atoms with Gasteiger partial charge >= 0.3 is 0 Å². The van der Waals surface area contributed by atoms with Crippen LogP contribution in [0.3, 0.4) is 0 Å². The molecule has 0 aliphatic heterocycles. The van der Waals surface area contributed by atoms with Crippen molar-refractivity contribution >= 4 is 28.9 Å². The minimum atomic E-state index is -0.174. The zero-order chi connectivity index (χ0) is 10.7. The number of rotatable bonds is 1. The molecular formula is C10H12N2OS. The van der Waals surface area contributed by atoms with Crippen molar-refractivity contribution in [2.24, 2.45) is 5.73 Å². The van der Waals surface area contributed by atoms with Crippen LogP contribution in [0.15, 0.2) is 24.3 Å². The summed E-state index contributed by atoms with van der Waals surface area (Å²) in [5, 5.41) is 0.0757. The number of aryl methyl sites for hydroxylation is 1. The van der Waals surface area contributed by atoms with Gasteiger partial charge in [-0.2, -0.15) is 0 Å². The third-order valence-electron chi connectivity index (χ3n) is 1.89. The molecule has 1 amide bonds. The van der Waals surface area contributed by atoms with Crippen molar-refractivity contribution in [1.82, 2.24) is 0 Å². The number of nitrogens with zero attached hydrogens (tertiary/aromatic N) is 1. The van der Waals surface area contributed by atoms with Gasteiger partial charge in [-0.05, 0) is 30.8 Å². The maximum Gasteiger partial charge on any atom is 0.230 e. The number of benzene rings is 1. The molecule has 0 aromatic heterocycles. The summed E-state index contributed by atoms with van der Waals surface area (Å²) in [6.07, 6.45) is 0. The zero-order valence-electron chi connectivity index (χ0n) is 8.15. The topological polar surface area (TPSA) is 46.3 Å². The Bertz CT molecular complexity index is 362. The Hall–Kier alpha value is -1.42. The summed E-state index contributed by atoms with van der Waals surface area (Å²) in [5.74, 6) is -0.174. The Morgan fingerprint density at radius 2 is 2.00 bits per heavy atom. The highest BCUT2D eigenvalue weighted by Gasteiger charge is 2.15. The number of anilines is 1. The van der Waals surface area contributed by atoms with E-state index in [1.54, 1.807) is 0 Å². The molecule has 1 aromatic carbocycles. The minimum absolute atomic E-state index is 0.0757. The highest BCUT2D eigenvalue weighted by Crippen LogP contribution is 2.19. The van der Waals surface area contributed by atoms with Gasteiger partial charge in [0.15, 0.2) is 5.11 Å². The van der Waals surface area contributed by atoms with Crippen LogP contribution in [0.4, 0.5) is 5.69 Å². The SMILES string of the molecule is CC(=O)N(C(N)=S)c1ccccc1C. The third kappa shape index (κ3) is 2.09. The quantitative estimate of drug-likeness (QED) is 0.713. The first-order chi connectivity index (χ1) is 6.54. The van der Waals surface area contributed by atoms with Crippen LogP contribution in [-0.2, 0) is 4.79 Å². The number of carbonyl (C=O) groups is 1. The summed E-state index contributed by atoms with van der Waals surface area (Å²) in [5.41, 5.74) is 7.19. The van der Waals surface area contributed by atoms with Crippen LogP contribution in [-0.4, -0.2) is 11.0 Å². The Morgan fingerprint density at radius 1 is 1.43 bits per heavy atom. The van der Waals surface area contributed by atoms with Gasteiger partial charge in [-0.25, -0.2) is 0 Å². The molecule has 2 N–H and O–H groups in total. The lowest BCUT2D eigenvalue weighted by molar-refractivity contribution is -0.115. The zero-order valence-corrected chi connectivity index (χ0v) is 8.97. The predicted octanol–water partition coefficient (Wildman–Crippen LogP) is 1.59. The normalized spacial score (nSPS) is 9.57. The summed E-state index contributed by atoms with van der Waals surface area (Å²) < 4.78 is 0. The lowest BCUT2D eigenvalue weighted by atomic mass is 10.2. The molecule has 0 saturated carbocycles. The molecule has 1 rings (SSSR count). The van der Waals surface area contributed by atoms with Gasteiger partial charge < -0.3 is 5.73 Å². The Morgan fingerprint density at radius 3 is 2.43 bits per heavy atom. The van der Waals surface area contributed by atoms with Gasteiger partial charge in [0, 0.05) is 6.92 Å².